The first-order valence-electron chi connectivity index (χ1n) is 6.52. The van der Waals surface area contributed by atoms with Gasteiger partial charge in [0.25, 0.3) is 0 Å². The molecule has 0 aliphatic carbocycles. The molecule has 0 aliphatic rings. The lowest BCUT2D eigenvalue weighted by atomic mass is 9.91. The molecule has 2 nitrogen and oxygen atoms in total. The van der Waals surface area contributed by atoms with Crippen molar-refractivity contribution in [2.75, 3.05) is 0 Å². The molecule has 0 saturated carbocycles. The first-order valence-corrected chi connectivity index (χ1v) is 6.52. The summed E-state index contributed by atoms with van der Waals surface area (Å²) in [6.45, 7) is 7.50. The number of hydrogen-bond acceptors (Lipinski definition) is 2. The summed E-state index contributed by atoms with van der Waals surface area (Å²) >= 11 is 0. The summed E-state index contributed by atoms with van der Waals surface area (Å²) < 4.78 is 0. The van der Waals surface area contributed by atoms with Crippen LogP contribution in [0.2, 0.25) is 0 Å². The van der Waals surface area contributed by atoms with Gasteiger partial charge in [-0.05, 0) is 47.7 Å². The Morgan fingerprint density at radius 2 is 1.60 bits per heavy atom. The largest absolute Gasteiger partial charge is 0.508 e. The van der Waals surface area contributed by atoms with E-state index in [1.165, 1.54) is 0 Å². The van der Waals surface area contributed by atoms with E-state index in [4.69, 9.17) is 0 Å². The summed E-state index contributed by atoms with van der Waals surface area (Å²) in [6.07, 6.45) is 4.90. The van der Waals surface area contributed by atoms with E-state index in [1.807, 2.05) is 24.3 Å². The van der Waals surface area contributed by atoms with Crippen LogP contribution in [0.25, 0.3) is 11.1 Å². The van der Waals surface area contributed by atoms with E-state index in [1.54, 1.807) is 24.3 Å². The van der Waals surface area contributed by atoms with Gasteiger partial charge < -0.3 is 10.2 Å². The molecule has 0 heterocycles. The highest BCUT2D eigenvalue weighted by Crippen LogP contribution is 2.36. The molecular formula is C18H18O2. The van der Waals surface area contributed by atoms with E-state index >= 15 is 0 Å². The molecule has 0 radical (unpaired) electrons. The SMILES string of the molecule is C=CCc1cc(O)ccc1-c1c(O)cccc1CC=C. The van der Waals surface area contributed by atoms with Gasteiger partial charge >= 0.3 is 0 Å². The average molecular weight is 266 g/mol. The van der Waals surface area contributed by atoms with Crippen LogP contribution in [0.5, 0.6) is 11.5 Å². The highest BCUT2D eigenvalue weighted by Gasteiger charge is 2.13. The summed E-state index contributed by atoms with van der Waals surface area (Å²) in [5.41, 5.74) is 3.66. The molecule has 2 aromatic rings. The fraction of sp³-hybridized carbons (Fsp3) is 0.111. The van der Waals surface area contributed by atoms with Crippen molar-refractivity contribution in [3.8, 4) is 22.6 Å². The van der Waals surface area contributed by atoms with Crippen molar-refractivity contribution in [2.24, 2.45) is 0 Å². The Bertz CT molecular complexity index is 642. The Morgan fingerprint density at radius 1 is 0.900 bits per heavy atom. The average Bonchev–Trinajstić information content (AvgIpc) is 2.41. The Hall–Kier alpha value is -2.48. The number of rotatable bonds is 5. The maximum absolute atomic E-state index is 10.2. The molecule has 0 saturated heterocycles. The minimum Gasteiger partial charge on any atom is -0.508 e. The van der Waals surface area contributed by atoms with Crippen LogP contribution in [0.1, 0.15) is 11.1 Å². The molecule has 0 aromatic heterocycles. The van der Waals surface area contributed by atoms with Crippen LogP contribution in [0.4, 0.5) is 0 Å². The summed E-state index contributed by atoms with van der Waals surface area (Å²) in [6, 6.07) is 10.6. The minimum absolute atomic E-state index is 0.214. The first-order chi connectivity index (χ1) is 9.67. The Balaban J connectivity index is 2.67. The van der Waals surface area contributed by atoms with Gasteiger partial charge in [-0.2, -0.15) is 0 Å². The number of allylic oxidation sites excluding steroid dienone is 2. The van der Waals surface area contributed by atoms with Crippen LogP contribution in [0.3, 0.4) is 0 Å². The smallest absolute Gasteiger partial charge is 0.123 e. The Morgan fingerprint density at radius 3 is 2.30 bits per heavy atom. The molecule has 0 spiro atoms. The summed E-state index contributed by atoms with van der Waals surface area (Å²) in [7, 11) is 0. The van der Waals surface area contributed by atoms with E-state index < -0.39 is 0 Å². The lowest BCUT2D eigenvalue weighted by Gasteiger charge is -2.14. The molecule has 2 aromatic carbocycles. The van der Waals surface area contributed by atoms with Crippen LogP contribution in [0, 0.1) is 0 Å². The van der Waals surface area contributed by atoms with Crippen molar-refractivity contribution in [1.29, 1.82) is 0 Å². The Labute approximate surface area is 119 Å². The highest BCUT2D eigenvalue weighted by molar-refractivity contribution is 5.77. The highest BCUT2D eigenvalue weighted by atomic mass is 16.3. The zero-order valence-electron chi connectivity index (χ0n) is 11.3. The molecule has 102 valence electrons. The maximum Gasteiger partial charge on any atom is 0.123 e. The molecule has 2 rings (SSSR count). The predicted octanol–water partition coefficient (Wildman–Crippen LogP) is 4.22. The molecule has 0 atom stereocenters. The third kappa shape index (κ3) is 2.75. The van der Waals surface area contributed by atoms with Crippen LogP contribution >= 0.6 is 0 Å². The van der Waals surface area contributed by atoms with Gasteiger partial charge in [-0.25, -0.2) is 0 Å². The molecule has 0 aliphatic heterocycles. The van der Waals surface area contributed by atoms with Gasteiger partial charge in [0.05, 0.1) is 0 Å². The van der Waals surface area contributed by atoms with Gasteiger partial charge in [-0.3, -0.25) is 0 Å². The van der Waals surface area contributed by atoms with Gasteiger partial charge in [0.15, 0.2) is 0 Å². The Kier molecular flexibility index (Phi) is 4.26. The second-order valence-electron chi connectivity index (χ2n) is 4.64. The minimum atomic E-state index is 0.214. The number of hydrogen-bond donors (Lipinski definition) is 2. The van der Waals surface area contributed by atoms with E-state index in [0.29, 0.717) is 12.8 Å². The number of phenolic OH excluding ortho intramolecular Hbond substituents is 2. The van der Waals surface area contributed by atoms with Gasteiger partial charge in [-0.1, -0.05) is 30.4 Å². The second kappa shape index (κ2) is 6.11. The van der Waals surface area contributed by atoms with Crippen molar-refractivity contribution in [3.05, 3.63) is 72.8 Å². The molecule has 0 fully saturated rings. The maximum atomic E-state index is 10.2. The third-order valence-corrected chi connectivity index (χ3v) is 3.22. The van der Waals surface area contributed by atoms with Crippen molar-refractivity contribution >= 4 is 0 Å². The van der Waals surface area contributed by atoms with Crippen LogP contribution in [0.15, 0.2) is 61.7 Å². The molecular weight excluding hydrogens is 248 g/mol. The van der Waals surface area contributed by atoms with Crippen molar-refractivity contribution in [1.82, 2.24) is 0 Å². The van der Waals surface area contributed by atoms with Gasteiger partial charge in [-0.15, -0.1) is 13.2 Å². The molecule has 2 N–H and O–H groups in total. The molecule has 20 heavy (non-hydrogen) atoms. The fourth-order valence-corrected chi connectivity index (χ4v) is 2.37. The zero-order chi connectivity index (χ0) is 14.5. The van der Waals surface area contributed by atoms with Crippen molar-refractivity contribution in [3.63, 3.8) is 0 Å². The van der Waals surface area contributed by atoms with Crippen molar-refractivity contribution < 1.29 is 10.2 Å². The second-order valence-corrected chi connectivity index (χ2v) is 4.64. The van der Waals surface area contributed by atoms with E-state index in [0.717, 1.165) is 22.3 Å². The summed E-state index contributed by atoms with van der Waals surface area (Å²) in [5, 5.41) is 19.9. The predicted molar refractivity (Wildman–Crippen MR) is 83.0 cm³/mol. The number of aromatic hydroxyl groups is 2. The quantitative estimate of drug-likeness (QED) is 0.795. The molecule has 0 unspecified atom stereocenters. The summed E-state index contributed by atoms with van der Waals surface area (Å²) in [5.74, 6) is 0.451. The first kappa shape index (κ1) is 13.9. The topological polar surface area (TPSA) is 40.5 Å². The standard InChI is InChI=1S/C18H18O2/c1-3-6-13-8-5-9-17(20)18(13)16-11-10-15(19)12-14(16)7-4-2/h3-5,8-12,19-20H,1-2,6-7H2. The monoisotopic (exact) mass is 266 g/mol. The van der Waals surface area contributed by atoms with E-state index in [2.05, 4.69) is 13.2 Å². The van der Waals surface area contributed by atoms with Crippen LogP contribution < -0.4 is 0 Å². The third-order valence-electron chi connectivity index (χ3n) is 3.22. The van der Waals surface area contributed by atoms with E-state index in [-0.39, 0.29) is 11.5 Å². The van der Waals surface area contributed by atoms with Gasteiger partial charge in [0.2, 0.25) is 0 Å². The normalized spacial score (nSPS) is 10.2. The van der Waals surface area contributed by atoms with E-state index in [9.17, 15) is 10.2 Å². The lowest BCUT2D eigenvalue weighted by Crippen LogP contribution is -1.93. The lowest BCUT2D eigenvalue weighted by molar-refractivity contribution is 0.473. The zero-order valence-corrected chi connectivity index (χ0v) is 11.3. The van der Waals surface area contributed by atoms with Gasteiger partial charge in [0.1, 0.15) is 11.5 Å². The molecule has 2 heteroatoms. The van der Waals surface area contributed by atoms with Crippen LogP contribution in [-0.2, 0) is 12.8 Å². The molecule has 0 amide bonds. The van der Waals surface area contributed by atoms with Crippen LogP contribution in [-0.4, -0.2) is 10.2 Å². The van der Waals surface area contributed by atoms with Gasteiger partial charge in [0, 0.05) is 5.56 Å². The number of benzene rings is 2. The molecule has 0 bridgehead atoms. The van der Waals surface area contributed by atoms with Crippen molar-refractivity contribution in [2.45, 2.75) is 12.8 Å². The summed E-state index contributed by atoms with van der Waals surface area (Å²) in [4.78, 5) is 0. The number of phenols is 2. The fourth-order valence-electron chi connectivity index (χ4n) is 2.37.